The Morgan fingerprint density at radius 1 is 1.15 bits per heavy atom. The average Bonchev–Trinajstić information content (AvgIpc) is 2.79. The first-order valence-corrected chi connectivity index (χ1v) is 6.82. The molecule has 0 amide bonds. The molecule has 1 aromatic heterocycles. The van der Waals surface area contributed by atoms with Gasteiger partial charge in [0, 0.05) is 0 Å². The van der Waals surface area contributed by atoms with Crippen LogP contribution in [-0.4, -0.2) is 13.7 Å². The van der Waals surface area contributed by atoms with Gasteiger partial charge in [0.1, 0.15) is 18.1 Å². The lowest BCUT2D eigenvalue weighted by molar-refractivity contribution is 0.244. The lowest BCUT2D eigenvalue weighted by Crippen LogP contribution is -2.04. The fourth-order valence-electron chi connectivity index (χ4n) is 1.99. The van der Waals surface area contributed by atoms with E-state index < -0.39 is 0 Å². The molecule has 2 aromatic rings. The topological polar surface area (TPSA) is 43.6 Å². The van der Waals surface area contributed by atoms with Crippen molar-refractivity contribution in [3.63, 3.8) is 0 Å². The highest BCUT2D eigenvalue weighted by molar-refractivity contribution is 5.39. The molecule has 4 heteroatoms. The molecule has 1 N–H and O–H groups in total. The molecular formula is C16H21NO3. The summed E-state index contributed by atoms with van der Waals surface area (Å²) in [6, 6.07) is 9.67. The second kappa shape index (κ2) is 7.01. The molecule has 20 heavy (non-hydrogen) atoms. The number of hydrogen-bond donors (Lipinski definition) is 1. The zero-order valence-electron chi connectivity index (χ0n) is 12.2. The van der Waals surface area contributed by atoms with E-state index >= 15 is 0 Å². The molecule has 0 saturated heterocycles. The van der Waals surface area contributed by atoms with Crippen molar-refractivity contribution in [2.45, 2.75) is 27.0 Å². The quantitative estimate of drug-likeness (QED) is 0.842. The standard InChI is InChI=1S/C16H21NO3/c1-4-18-14-7-5-6-8-15(14)19-11-13-9-12(2)16(20-13)10-17-3/h5-9,17H,4,10-11H2,1-3H3. The summed E-state index contributed by atoms with van der Waals surface area (Å²) in [5, 5.41) is 3.08. The number of furan rings is 1. The molecule has 1 aromatic carbocycles. The fourth-order valence-corrected chi connectivity index (χ4v) is 1.99. The molecular weight excluding hydrogens is 254 g/mol. The van der Waals surface area contributed by atoms with Gasteiger partial charge in [-0.25, -0.2) is 0 Å². The summed E-state index contributed by atoms with van der Waals surface area (Å²) >= 11 is 0. The normalized spacial score (nSPS) is 10.6. The smallest absolute Gasteiger partial charge is 0.161 e. The van der Waals surface area contributed by atoms with Gasteiger partial charge in [-0.05, 0) is 44.7 Å². The van der Waals surface area contributed by atoms with E-state index in [-0.39, 0.29) is 0 Å². The highest BCUT2D eigenvalue weighted by Gasteiger charge is 2.09. The molecule has 0 saturated carbocycles. The number of ether oxygens (including phenoxy) is 2. The van der Waals surface area contributed by atoms with Crippen molar-refractivity contribution in [3.05, 3.63) is 47.4 Å². The summed E-state index contributed by atoms with van der Waals surface area (Å²) in [5.41, 5.74) is 1.14. The van der Waals surface area contributed by atoms with Gasteiger partial charge in [0.05, 0.1) is 13.2 Å². The van der Waals surface area contributed by atoms with Gasteiger partial charge < -0.3 is 19.2 Å². The van der Waals surface area contributed by atoms with Crippen LogP contribution in [0.4, 0.5) is 0 Å². The van der Waals surface area contributed by atoms with Crippen LogP contribution in [0, 0.1) is 6.92 Å². The molecule has 2 rings (SSSR count). The Bertz CT molecular complexity index is 548. The van der Waals surface area contributed by atoms with Gasteiger partial charge in [-0.1, -0.05) is 12.1 Å². The van der Waals surface area contributed by atoms with Crippen LogP contribution >= 0.6 is 0 Å². The lowest BCUT2D eigenvalue weighted by atomic mass is 10.2. The van der Waals surface area contributed by atoms with Gasteiger partial charge in [-0.15, -0.1) is 0 Å². The Kier molecular flexibility index (Phi) is 5.07. The van der Waals surface area contributed by atoms with Crippen LogP contribution in [0.25, 0.3) is 0 Å². The molecule has 0 aliphatic rings. The molecule has 0 aliphatic carbocycles. The summed E-state index contributed by atoms with van der Waals surface area (Å²) in [7, 11) is 1.90. The second-order valence-corrected chi connectivity index (χ2v) is 4.52. The molecule has 0 bridgehead atoms. The first-order valence-electron chi connectivity index (χ1n) is 6.82. The predicted octanol–water partition coefficient (Wildman–Crippen LogP) is 3.29. The van der Waals surface area contributed by atoms with Gasteiger partial charge in [-0.2, -0.15) is 0 Å². The van der Waals surface area contributed by atoms with Crippen LogP contribution in [-0.2, 0) is 13.2 Å². The zero-order valence-corrected chi connectivity index (χ0v) is 12.2. The van der Waals surface area contributed by atoms with E-state index in [0.29, 0.717) is 13.2 Å². The van der Waals surface area contributed by atoms with E-state index in [4.69, 9.17) is 13.9 Å². The maximum atomic E-state index is 5.78. The van der Waals surface area contributed by atoms with Crippen LogP contribution < -0.4 is 14.8 Å². The van der Waals surface area contributed by atoms with Crippen LogP contribution in [0.2, 0.25) is 0 Å². The summed E-state index contributed by atoms with van der Waals surface area (Å²) in [4.78, 5) is 0. The minimum absolute atomic E-state index is 0.397. The van der Waals surface area contributed by atoms with Crippen molar-refractivity contribution in [3.8, 4) is 11.5 Å². The van der Waals surface area contributed by atoms with E-state index in [2.05, 4.69) is 5.32 Å². The molecule has 0 atom stereocenters. The summed E-state index contributed by atoms with van der Waals surface area (Å²) in [6.07, 6.45) is 0. The number of hydrogen-bond acceptors (Lipinski definition) is 4. The molecule has 4 nitrogen and oxygen atoms in total. The Morgan fingerprint density at radius 2 is 1.85 bits per heavy atom. The molecule has 1 heterocycles. The predicted molar refractivity (Wildman–Crippen MR) is 78.2 cm³/mol. The third-order valence-corrected chi connectivity index (χ3v) is 2.93. The van der Waals surface area contributed by atoms with Crippen molar-refractivity contribution in [2.24, 2.45) is 0 Å². The van der Waals surface area contributed by atoms with Gasteiger partial charge in [0.15, 0.2) is 11.5 Å². The SMILES string of the molecule is CCOc1ccccc1OCc1cc(C)c(CNC)o1. The summed E-state index contributed by atoms with van der Waals surface area (Å²) < 4.78 is 17.1. The van der Waals surface area contributed by atoms with E-state index in [0.717, 1.165) is 35.1 Å². The second-order valence-electron chi connectivity index (χ2n) is 4.52. The molecule has 0 fully saturated rings. The first-order chi connectivity index (χ1) is 9.74. The third-order valence-electron chi connectivity index (χ3n) is 2.93. The minimum Gasteiger partial charge on any atom is -0.490 e. The molecule has 0 spiro atoms. The molecule has 0 aliphatic heterocycles. The van der Waals surface area contributed by atoms with Crippen LogP contribution in [0.1, 0.15) is 24.0 Å². The monoisotopic (exact) mass is 275 g/mol. The van der Waals surface area contributed by atoms with Gasteiger partial charge in [0.2, 0.25) is 0 Å². The van der Waals surface area contributed by atoms with E-state index in [9.17, 15) is 0 Å². The minimum atomic E-state index is 0.397. The van der Waals surface area contributed by atoms with Crippen molar-refractivity contribution in [1.29, 1.82) is 0 Å². The summed E-state index contributed by atoms with van der Waals surface area (Å²) in [5.74, 6) is 3.26. The van der Waals surface area contributed by atoms with Crippen molar-refractivity contribution in [1.82, 2.24) is 5.32 Å². The zero-order chi connectivity index (χ0) is 14.4. The van der Waals surface area contributed by atoms with Crippen molar-refractivity contribution >= 4 is 0 Å². The molecule has 0 unspecified atom stereocenters. The Labute approximate surface area is 119 Å². The van der Waals surface area contributed by atoms with Gasteiger partial charge in [0.25, 0.3) is 0 Å². The fraction of sp³-hybridized carbons (Fsp3) is 0.375. The maximum Gasteiger partial charge on any atom is 0.161 e. The van der Waals surface area contributed by atoms with Crippen molar-refractivity contribution in [2.75, 3.05) is 13.7 Å². The average molecular weight is 275 g/mol. The van der Waals surface area contributed by atoms with E-state index in [1.165, 1.54) is 0 Å². The number of benzene rings is 1. The Morgan fingerprint density at radius 3 is 2.50 bits per heavy atom. The van der Waals surface area contributed by atoms with Gasteiger partial charge >= 0.3 is 0 Å². The molecule has 0 radical (unpaired) electrons. The lowest BCUT2D eigenvalue weighted by Gasteiger charge is -2.10. The Balaban J connectivity index is 2.03. The Hall–Kier alpha value is -1.94. The van der Waals surface area contributed by atoms with Crippen LogP contribution in [0.3, 0.4) is 0 Å². The van der Waals surface area contributed by atoms with Gasteiger partial charge in [-0.3, -0.25) is 0 Å². The first kappa shape index (κ1) is 14.5. The maximum absolute atomic E-state index is 5.78. The van der Waals surface area contributed by atoms with Crippen LogP contribution in [0.15, 0.2) is 34.7 Å². The largest absolute Gasteiger partial charge is 0.490 e. The number of aryl methyl sites for hydroxylation is 1. The number of para-hydroxylation sites is 2. The third kappa shape index (κ3) is 3.54. The van der Waals surface area contributed by atoms with E-state index in [1.807, 2.05) is 51.2 Å². The van der Waals surface area contributed by atoms with E-state index in [1.54, 1.807) is 0 Å². The summed E-state index contributed by atoms with van der Waals surface area (Å²) in [6.45, 7) is 5.73. The van der Waals surface area contributed by atoms with Crippen molar-refractivity contribution < 1.29 is 13.9 Å². The number of nitrogens with one attached hydrogen (secondary N) is 1. The highest BCUT2D eigenvalue weighted by Crippen LogP contribution is 2.27. The van der Waals surface area contributed by atoms with Crippen LogP contribution in [0.5, 0.6) is 11.5 Å². The number of rotatable bonds is 7. The highest BCUT2D eigenvalue weighted by atomic mass is 16.5. The molecule has 108 valence electrons.